The number of halogens is 1. The van der Waals surface area contributed by atoms with Gasteiger partial charge in [0, 0.05) is 23.7 Å². The van der Waals surface area contributed by atoms with Crippen LogP contribution in [0.4, 0.5) is 14.9 Å². The normalized spacial score (nSPS) is 10.9. The van der Waals surface area contributed by atoms with Crippen molar-refractivity contribution >= 4 is 17.7 Å². The Labute approximate surface area is 122 Å². The van der Waals surface area contributed by atoms with Crippen molar-refractivity contribution in [3.63, 3.8) is 0 Å². The third kappa shape index (κ3) is 5.68. The highest BCUT2D eigenvalue weighted by Gasteiger charge is 2.21. The van der Waals surface area contributed by atoms with E-state index in [1.165, 1.54) is 25.3 Å². The molecule has 0 saturated carbocycles. The number of rotatable bonds is 6. The van der Waals surface area contributed by atoms with Crippen molar-refractivity contribution < 1.29 is 23.8 Å². The molecular weight excluding hydrogens is 279 g/mol. The molecule has 6 nitrogen and oxygen atoms in total. The second kappa shape index (κ2) is 6.92. The van der Waals surface area contributed by atoms with Crippen molar-refractivity contribution in [1.29, 1.82) is 0 Å². The van der Waals surface area contributed by atoms with Gasteiger partial charge in [0.1, 0.15) is 0 Å². The highest BCUT2D eigenvalue weighted by atomic mass is 19.1. The number of carbonyl (C=O) groups is 2. The number of carboxylic acids is 1. The number of aliphatic carboxylic acids is 1. The Morgan fingerprint density at radius 1 is 1.38 bits per heavy atom. The van der Waals surface area contributed by atoms with Gasteiger partial charge < -0.3 is 20.5 Å². The van der Waals surface area contributed by atoms with Gasteiger partial charge in [-0.25, -0.2) is 9.18 Å². The van der Waals surface area contributed by atoms with Crippen LogP contribution in [0.3, 0.4) is 0 Å². The predicted octanol–water partition coefficient (Wildman–Crippen LogP) is 2.60. The molecular formula is C14H19FN2O4. The summed E-state index contributed by atoms with van der Waals surface area (Å²) in [5.41, 5.74) is -0.299. The first-order valence-electron chi connectivity index (χ1n) is 6.38. The molecule has 2 amide bonds. The molecule has 0 aliphatic carbocycles. The average molecular weight is 298 g/mol. The molecule has 1 aromatic rings. The Bertz CT molecular complexity index is 532. The molecule has 0 saturated heterocycles. The van der Waals surface area contributed by atoms with Crippen molar-refractivity contribution in [2.24, 2.45) is 0 Å². The molecule has 1 rings (SSSR count). The molecule has 0 aromatic heterocycles. The molecule has 0 bridgehead atoms. The van der Waals surface area contributed by atoms with E-state index in [0.29, 0.717) is 12.1 Å². The van der Waals surface area contributed by atoms with Crippen LogP contribution in [0.2, 0.25) is 0 Å². The molecule has 0 fully saturated rings. The van der Waals surface area contributed by atoms with Crippen molar-refractivity contribution in [1.82, 2.24) is 5.32 Å². The van der Waals surface area contributed by atoms with Crippen LogP contribution < -0.4 is 15.4 Å². The van der Waals surface area contributed by atoms with E-state index in [1.807, 2.05) is 0 Å². The highest BCUT2D eigenvalue weighted by Crippen LogP contribution is 2.21. The van der Waals surface area contributed by atoms with Gasteiger partial charge >= 0.3 is 12.0 Å². The Morgan fingerprint density at radius 2 is 2.05 bits per heavy atom. The maximum atomic E-state index is 13.2. The molecule has 0 radical (unpaired) electrons. The SMILES string of the molecule is COc1cc(NC(=O)NC(C)(C)CCC(=O)O)ccc1F. The van der Waals surface area contributed by atoms with Gasteiger partial charge in [-0.05, 0) is 32.4 Å². The fraction of sp³-hybridized carbons (Fsp3) is 0.429. The topological polar surface area (TPSA) is 87.7 Å². The van der Waals surface area contributed by atoms with Gasteiger partial charge in [0.2, 0.25) is 0 Å². The van der Waals surface area contributed by atoms with Crippen LogP contribution in [0.25, 0.3) is 0 Å². The van der Waals surface area contributed by atoms with E-state index in [4.69, 9.17) is 9.84 Å². The smallest absolute Gasteiger partial charge is 0.319 e. The van der Waals surface area contributed by atoms with Crippen LogP contribution in [0.1, 0.15) is 26.7 Å². The number of benzene rings is 1. The van der Waals surface area contributed by atoms with Crippen LogP contribution >= 0.6 is 0 Å². The summed E-state index contributed by atoms with van der Waals surface area (Å²) in [6.07, 6.45) is 0.250. The number of ether oxygens (including phenoxy) is 1. The van der Waals surface area contributed by atoms with Crippen LogP contribution in [0.5, 0.6) is 5.75 Å². The summed E-state index contributed by atoms with van der Waals surface area (Å²) in [5.74, 6) is -1.42. The van der Waals surface area contributed by atoms with E-state index in [1.54, 1.807) is 13.8 Å². The van der Waals surface area contributed by atoms with Crippen molar-refractivity contribution in [2.75, 3.05) is 12.4 Å². The zero-order valence-corrected chi connectivity index (χ0v) is 12.2. The molecule has 116 valence electrons. The van der Waals surface area contributed by atoms with Crippen LogP contribution in [0.15, 0.2) is 18.2 Å². The Balaban J connectivity index is 2.62. The number of urea groups is 1. The number of hydrogen-bond acceptors (Lipinski definition) is 3. The van der Waals surface area contributed by atoms with Crippen molar-refractivity contribution in [3.05, 3.63) is 24.0 Å². The standard InChI is InChI=1S/C14H19FN2O4/c1-14(2,7-6-12(18)19)17-13(20)16-9-4-5-10(15)11(8-9)21-3/h4-5,8H,6-7H2,1-3H3,(H,18,19)(H2,16,17,20). The fourth-order valence-electron chi connectivity index (χ4n) is 1.69. The van der Waals surface area contributed by atoms with Gasteiger partial charge in [0.15, 0.2) is 11.6 Å². The molecule has 0 aliphatic rings. The van der Waals surface area contributed by atoms with E-state index in [-0.39, 0.29) is 12.2 Å². The maximum Gasteiger partial charge on any atom is 0.319 e. The minimum absolute atomic E-state index is 0.0259. The quantitative estimate of drug-likeness (QED) is 0.753. The van der Waals surface area contributed by atoms with E-state index in [0.717, 1.165) is 0 Å². The summed E-state index contributed by atoms with van der Waals surface area (Å²) in [5, 5.41) is 13.9. The van der Waals surface area contributed by atoms with E-state index < -0.39 is 23.4 Å². The fourth-order valence-corrected chi connectivity index (χ4v) is 1.69. The maximum absolute atomic E-state index is 13.2. The summed E-state index contributed by atoms with van der Waals surface area (Å²) in [6.45, 7) is 3.45. The Kier molecular flexibility index (Phi) is 5.52. The summed E-state index contributed by atoms with van der Waals surface area (Å²) in [4.78, 5) is 22.4. The van der Waals surface area contributed by atoms with Gasteiger partial charge in [0.25, 0.3) is 0 Å². The van der Waals surface area contributed by atoms with Gasteiger partial charge in [0.05, 0.1) is 7.11 Å². The van der Waals surface area contributed by atoms with Gasteiger partial charge in [-0.1, -0.05) is 0 Å². The summed E-state index contributed by atoms with van der Waals surface area (Å²) < 4.78 is 18.1. The third-order valence-corrected chi connectivity index (χ3v) is 2.82. The summed E-state index contributed by atoms with van der Waals surface area (Å²) in [6, 6.07) is 3.45. The molecule has 0 spiro atoms. The number of methoxy groups -OCH3 is 1. The molecule has 0 atom stereocenters. The lowest BCUT2D eigenvalue weighted by molar-refractivity contribution is -0.137. The lowest BCUT2D eigenvalue weighted by Crippen LogP contribution is -2.45. The van der Waals surface area contributed by atoms with Crippen LogP contribution in [-0.4, -0.2) is 29.8 Å². The Morgan fingerprint density at radius 3 is 2.62 bits per heavy atom. The zero-order chi connectivity index (χ0) is 16.0. The second-order valence-corrected chi connectivity index (χ2v) is 5.21. The lowest BCUT2D eigenvalue weighted by atomic mass is 9.99. The molecule has 0 unspecified atom stereocenters. The monoisotopic (exact) mass is 298 g/mol. The number of carbonyl (C=O) groups excluding carboxylic acids is 1. The first-order valence-corrected chi connectivity index (χ1v) is 6.38. The van der Waals surface area contributed by atoms with Gasteiger partial charge in [-0.2, -0.15) is 0 Å². The van der Waals surface area contributed by atoms with E-state index >= 15 is 0 Å². The predicted molar refractivity (Wildman–Crippen MR) is 76.1 cm³/mol. The first-order chi connectivity index (χ1) is 9.73. The second-order valence-electron chi connectivity index (χ2n) is 5.21. The number of carboxylic acid groups (broad SMARTS) is 1. The highest BCUT2D eigenvalue weighted by molar-refractivity contribution is 5.90. The number of anilines is 1. The number of amides is 2. The molecule has 0 heterocycles. The number of nitrogens with one attached hydrogen (secondary N) is 2. The third-order valence-electron chi connectivity index (χ3n) is 2.82. The van der Waals surface area contributed by atoms with Gasteiger partial charge in [-0.3, -0.25) is 4.79 Å². The molecule has 3 N–H and O–H groups in total. The van der Waals surface area contributed by atoms with Crippen LogP contribution in [0, 0.1) is 5.82 Å². The molecule has 0 aliphatic heterocycles. The summed E-state index contributed by atoms with van der Waals surface area (Å²) in [7, 11) is 1.33. The summed E-state index contributed by atoms with van der Waals surface area (Å²) >= 11 is 0. The Hall–Kier alpha value is -2.31. The van der Waals surface area contributed by atoms with E-state index in [2.05, 4.69) is 10.6 Å². The van der Waals surface area contributed by atoms with Crippen molar-refractivity contribution in [2.45, 2.75) is 32.2 Å². The average Bonchev–Trinajstić information content (AvgIpc) is 2.38. The molecule has 21 heavy (non-hydrogen) atoms. The van der Waals surface area contributed by atoms with Gasteiger partial charge in [-0.15, -0.1) is 0 Å². The van der Waals surface area contributed by atoms with E-state index in [9.17, 15) is 14.0 Å². The number of hydrogen-bond donors (Lipinski definition) is 3. The zero-order valence-electron chi connectivity index (χ0n) is 12.2. The minimum Gasteiger partial charge on any atom is -0.494 e. The largest absolute Gasteiger partial charge is 0.494 e. The van der Waals surface area contributed by atoms with Crippen molar-refractivity contribution in [3.8, 4) is 5.75 Å². The molecule has 7 heteroatoms. The lowest BCUT2D eigenvalue weighted by Gasteiger charge is -2.25. The first kappa shape index (κ1) is 16.7. The van der Waals surface area contributed by atoms with Crippen LogP contribution in [-0.2, 0) is 4.79 Å². The minimum atomic E-state index is -0.923. The molecule has 1 aromatic carbocycles.